The first kappa shape index (κ1) is 21.8. The summed E-state index contributed by atoms with van der Waals surface area (Å²) in [5.74, 6) is 0.408. The Labute approximate surface area is 184 Å². The highest BCUT2D eigenvalue weighted by molar-refractivity contribution is 7.89. The lowest BCUT2D eigenvalue weighted by molar-refractivity contribution is 0.102. The molecule has 1 N–H and O–H groups in total. The van der Waals surface area contributed by atoms with Gasteiger partial charge in [0, 0.05) is 38.1 Å². The highest BCUT2D eigenvalue weighted by Gasteiger charge is 2.26. The fourth-order valence-electron chi connectivity index (χ4n) is 4.30. The number of nitrogens with zero attached hydrogens (tertiary/aromatic N) is 3. The van der Waals surface area contributed by atoms with Crippen LogP contribution >= 0.6 is 0 Å². The number of hydrogen-bond donors (Lipinski definition) is 1. The first-order chi connectivity index (χ1) is 15.1. The van der Waals surface area contributed by atoms with Crippen LogP contribution in [0.15, 0.2) is 47.5 Å². The number of carbonyl (C=O) groups excluding carboxylic acids is 1. The Hall–Kier alpha value is -2.45. The standard InChI is InChI=1S/C23H30N4O3S/c28-23(21-12-9-13-24-22(21)26-14-4-3-5-15-26)25-19-10-8-11-20(18-19)31(29,30)27-16-6-1-2-7-17-27/h8-13,18H,1-7,14-17H2,(H,25,28). The number of piperidine rings is 1. The third kappa shape index (κ3) is 5.07. The molecule has 2 fully saturated rings. The highest BCUT2D eigenvalue weighted by Crippen LogP contribution is 2.25. The van der Waals surface area contributed by atoms with Gasteiger partial charge in [-0.1, -0.05) is 18.9 Å². The maximum absolute atomic E-state index is 13.1. The second-order valence-electron chi connectivity index (χ2n) is 8.22. The van der Waals surface area contributed by atoms with E-state index in [-0.39, 0.29) is 10.8 Å². The Morgan fingerprint density at radius 1 is 0.871 bits per heavy atom. The molecule has 1 aromatic heterocycles. The Balaban J connectivity index is 1.54. The lowest BCUT2D eigenvalue weighted by Crippen LogP contribution is -2.32. The molecule has 2 saturated heterocycles. The summed E-state index contributed by atoms with van der Waals surface area (Å²) in [6.07, 6.45) is 8.98. The zero-order valence-electron chi connectivity index (χ0n) is 17.8. The summed E-state index contributed by atoms with van der Waals surface area (Å²) in [5, 5.41) is 2.88. The third-order valence-corrected chi connectivity index (χ3v) is 7.88. The lowest BCUT2D eigenvalue weighted by Gasteiger charge is -2.29. The van der Waals surface area contributed by atoms with E-state index in [2.05, 4.69) is 15.2 Å². The van der Waals surface area contributed by atoms with Crippen LogP contribution in [0.3, 0.4) is 0 Å². The van der Waals surface area contributed by atoms with Gasteiger partial charge in [0.25, 0.3) is 5.91 Å². The molecule has 1 aromatic carbocycles. The molecule has 7 nitrogen and oxygen atoms in total. The van der Waals surface area contributed by atoms with E-state index in [0.717, 1.165) is 51.6 Å². The molecular formula is C23H30N4O3S. The fourth-order valence-corrected chi connectivity index (χ4v) is 5.86. The van der Waals surface area contributed by atoms with Gasteiger partial charge in [-0.3, -0.25) is 4.79 Å². The number of pyridine rings is 1. The Morgan fingerprint density at radius 2 is 1.55 bits per heavy atom. The minimum absolute atomic E-state index is 0.217. The molecule has 0 radical (unpaired) electrons. The first-order valence-corrected chi connectivity index (χ1v) is 12.6. The van der Waals surface area contributed by atoms with Gasteiger partial charge < -0.3 is 10.2 Å². The molecule has 0 atom stereocenters. The molecule has 3 heterocycles. The van der Waals surface area contributed by atoms with Crippen LogP contribution in [0.2, 0.25) is 0 Å². The van der Waals surface area contributed by atoms with E-state index in [1.807, 2.05) is 0 Å². The topological polar surface area (TPSA) is 82.6 Å². The van der Waals surface area contributed by atoms with Gasteiger partial charge in [0.15, 0.2) is 0 Å². The third-order valence-electron chi connectivity index (χ3n) is 5.98. The molecular weight excluding hydrogens is 412 g/mol. The van der Waals surface area contributed by atoms with Crippen LogP contribution in [0.25, 0.3) is 0 Å². The largest absolute Gasteiger partial charge is 0.356 e. The van der Waals surface area contributed by atoms with Crippen molar-refractivity contribution in [3.05, 3.63) is 48.2 Å². The molecule has 4 rings (SSSR count). The van der Waals surface area contributed by atoms with E-state index in [1.54, 1.807) is 46.9 Å². The van der Waals surface area contributed by atoms with Crippen molar-refractivity contribution in [2.75, 3.05) is 36.4 Å². The number of aromatic nitrogens is 1. The van der Waals surface area contributed by atoms with Crippen LogP contribution in [0.4, 0.5) is 11.5 Å². The van der Waals surface area contributed by atoms with Crippen LogP contribution in [0.1, 0.15) is 55.3 Å². The van der Waals surface area contributed by atoms with Crippen molar-refractivity contribution >= 4 is 27.4 Å². The van der Waals surface area contributed by atoms with E-state index in [4.69, 9.17) is 0 Å². The normalized spacial score (nSPS) is 18.4. The molecule has 0 aliphatic carbocycles. The van der Waals surface area contributed by atoms with Crippen LogP contribution in [-0.4, -0.2) is 49.8 Å². The maximum atomic E-state index is 13.1. The summed E-state index contributed by atoms with van der Waals surface area (Å²) in [7, 11) is -3.57. The smallest absolute Gasteiger partial charge is 0.259 e. The minimum Gasteiger partial charge on any atom is -0.356 e. The second-order valence-corrected chi connectivity index (χ2v) is 10.2. The number of nitrogens with one attached hydrogen (secondary N) is 1. The van der Waals surface area contributed by atoms with Gasteiger partial charge in [-0.25, -0.2) is 13.4 Å². The van der Waals surface area contributed by atoms with Gasteiger partial charge in [-0.05, 0) is 62.4 Å². The number of carbonyl (C=O) groups is 1. The van der Waals surface area contributed by atoms with Crippen molar-refractivity contribution in [3.8, 4) is 0 Å². The number of sulfonamides is 1. The Kier molecular flexibility index (Phi) is 6.87. The average molecular weight is 443 g/mol. The van der Waals surface area contributed by atoms with Crippen molar-refractivity contribution in [1.82, 2.24) is 9.29 Å². The molecule has 0 saturated carbocycles. The van der Waals surface area contributed by atoms with E-state index in [1.165, 1.54) is 6.42 Å². The van der Waals surface area contributed by atoms with Crippen molar-refractivity contribution in [3.63, 3.8) is 0 Å². The molecule has 2 aliphatic heterocycles. The Morgan fingerprint density at radius 3 is 2.29 bits per heavy atom. The molecule has 2 aliphatic rings. The molecule has 0 bridgehead atoms. The average Bonchev–Trinajstić information content (AvgIpc) is 3.10. The molecule has 166 valence electrons. The summed E-state index contributed by atoms with van der Waals surface area (Å²) >= 11 is 0. The summed E-state index contributed by atoms with van der Waals surface area (Å²) in [4.78, 5) is 19.9. The van der Waals surface area contributed by atoms with Crippen LogP contribution < -0.4 is 10.2 Å². The second kappa shape index (κ2) is 9.78. The fraction of sp³-hybridized carbons (Fsp3) is 0.478. The maximum Gasteiger partial charge on any atom is 0.259 e. The summed E-state index contributed by atoms with van der Waals surface area (Å²) in [6, 6.07) is 10.1. The molecule has 0 unspecified atom stereocenters. The van der Waals surface area contributed by atoms with Gasteiger partial charge in [0.1, 0.15) is 5.82 Å². The van der Waals surface area contributed by atoms with E-state index < -0.39 is 10.0 Å². The number of amides is 1. The van der Waals surface area contributed by atoms with Gasteiger partial charge in [0.05, 0.1) is 10.5 Å². The molecule has 31 heavy (non-hydrogen) atoms. The minimum atomic E-state index is -3.57. The predicted molar refractivity (Wildman–Crippen MR) is 122 cm³/mol. The predicted octanol–water partition coefficient (Wildman–Crippen LogP) is 3.89. The van der Waals surface area contributed by atoms with Crippen LogP contribution in [0.5, 0.6) is 0 Å². The number of anilines is 2. The number of benzene rings is 1. The Bertz CT molecular complexity index is 1010. The van der Waals surface area contributed by atoms with Crippen molar-refractivity contribution in [2.45, 2.75) is 49.8 Å². The van der Waals surface area contributed by atoms with Gasteiger partial charge >= 0.3 is 0 Å². The van der Waals surface area contributed by atoms with E-state index in [0.29, 0.717) is 30.2 Å². The number of rotatable bonds is 5. The number of hydrogen-bond acceptors (Lipinski definition) is 5. The zero-order chi connectivity index (χ0) is 21.7. The van der Waals surface area contributed by atoms with Gasteiger partial charge in [-0.15, -0.1) is 0 Å². The quantitative estimate of drug-likeness (QED) is 0.760. The van der Waals surface area contributed by atoms with Crippen LogP contribution in [-0.2, 0) is 10.0 Å². The van der Waals surface area contributed by atoms with Crippen molar-refractivity contribution in [2.24, 2.45) is 0 Å². The lowest BCUT2D eigenvalue weighted by atomic mass is 10.1. The van der Waals surface area contributed by atoms with Crippen molar-refractivity contribution < 1.29 is 13.2 Å². The molecule has 1 amide bonds. The van der Waals surface area contributed by atoms with E-state index >= 15 is 0 Å². The monoisotopic (exact) mass is 442 g/mol. The zero-order valence-corrected chi connectivity index (χ0v) is 18.6. The summed E-state index contributed by atoms with van der Waals surface area (Å²) in [6.45, 7) is 2.88. The van der Waals surface area contributed by atoms with Crippen LogP contribution in [0, 0.1) is 0 Å². The summed E-state index contributed by atoms with van der Waals surface area (Å²) < 4.78 is 27.8. The van der Waals surface area contributed by atoms with Gasteiger partial charge in [-0.2, -0.15) is 4.31 Å². The SMILES string of the molecule is O=C(Nc1cccc(S(=O)(=O)N2CCCCCC2)c1)c1cccnc1N1CCCCC1. The molecule has 8 heteroatoms. The molecule has 0 spiro atoms. The van der Waals surface area contributed by atoms with Gasteiger partial charge in [0.2, 0.25) is 10.0 Å². The highest BCUT2D eigenvalue weighted by atomic mass is 32.2. The van der Waals surface area contributed by atoms with E-state index in [9.17, 15) is 13.2 Å². The summed E-state index contributed by atoms with van der Waals surface area (Å²) in [5.41, 5.74) is 0.972. The van der Waals surface area contributed by atoms with Crippen molar-refractivity contribution in [1.29, 1.82) is 0 Å². The molecule has 2 aromatic rings. The first-order valence-electron chi connectivity index (χ1n) is 11.2.